The van der Waals surface area contributed by atoms with Gasteiger partial charge in [0.25, 0.3) is 0 Å². The van der Waals surface area contributed by atoms with Gasteiger partial charge in [-0.3, -0.25) is 33.6 Å². The van der Waals surface area contributed by atoms with Gasteiger partial charge in [0.15, 0.2) is 0 Å². The molecule has 1 aliphatic heterocycles. The van der Waals surface area contributed by atoms with Crippen LogP contribution in [0.1, 0.15) is 79.2 Å². The predicted octanol–water partition coefficient (Wildman–Crippen LogP) is -0.00470. The number of amides is 7. The van der Waals surface area contributed by atoms with E-state index in [0.717, 1.165) is 10.9 Å². The van der Waals surface area contributed by atoms with Crippen molar-refractivity contribution in [1.82, 2.24) is 36.9 Å². The van der Waals surface area contributed by atoms with Crippen LogP contribution in [0.15, 0.2) is 30.5 Å². The number of hydrogen-bond donors (Lipinski definition) is 9. The molecule has 16 nitrogen and oxygen atoms in total. The Morgan fingerprint density at radius 3 is 1.72 bits per heavy atom. The van der Waals surface area contributed by atoms with Crippen molar-refractivity contribution in [3.63, 3.8) is 0 Å². The molecular weight excluding hydrogens is 682 g/mol. The number of aromatic amines is 1. The second-order valence-corrected chi connectivity index (χ2v) is 15.0. The molecule has 53 heavy (non-hydrogen) atoms. The summed E-state index contributed by atoms with van der Waals surface area (Å²) >= 11 is 0. The number of fused-ring (bicyclic) bond motifs is 1. The van der Waals surface area contributed by atoms with E-state index in [2.05, 4.69) is 36.9 Å². The SMILES string of the molecule is CC(C)CC1NC(=O)C(Cc2c[nH]c3ccccc23)NC(=O)C(CCCN)NC(=O)C(CC(N)=O)NC(=O)C(C(C)C)NC(=O)C(CC(C)C)NC1=O. The maximum Gasteiger partial charge on any atom is 0.243 e. The van der Waals surface area contributed by atoms with Gasteiger partial charge in [-0.25, -0.2) is 0 Å². The molecule has 0 saturated carbocycles. The summed E-state index contributed by atoms with van der Waals surface area (Å²) in [6, 6.07) is 0.146. The molecule has 1 aliphatic rings. The Bertz CT molecular complexity index is 1620. The minimum atomic E-state index is -1.50. The van der Waals surface area contributed by atoms with Gasteiger partial charge >= 0.3 is 0 Å². The third-order valence-corrected chi connectivity index (χ3v) is 9.03. The zero-order valence-corrected chi connectivity index (χ0v) is 31.5. The molecule has 0 radical (unpaired) electrons. The molecule has 1 saturated heterocycles. The molecule has 6 atom stereocenters. The summed E-state index contributed by atoms with van der Waals surface area (Å²) in [6.45, 7) is 11.1. The Morgan fingerprint density at radius 1 is 0.660 bits per heavy atom. The number of nitrogens with one attached hydrogen (secondary N) is 7. The van der Waals surface area contributed by atoms with Gasteiger partial charge in [-0.2, -0.15) is 0 Å². The molecule has 0 spiro atoms. The lowest BCUT2D eigenvalue weighted by atomic mass is 9.97. The summed E-state index contributed by atoms with van der Waals surface area (Å²) in [5.74, 6) is -5.74. The van der Waals surface area contributed by atoms with Crippen molar-refractivity contribution in [2.75, 3.05) is 6.54 Å². The van der Waals surface area contributed by atoms with E-state index in [4.69, 9.17) is 11.5 Å². The number of rotatable bonds is 12. The molecule has 7 amide bonds. The standard InChI is InChI=1S/C37H57N9O7/c1-19(2)14-26-33(49)43-27(15-20(3)4)36(52)46-31(21(5)6)37(53)45-29(17-30(39)47)35(51)41-25(12-9-13-38)32(48)44-28(34(50)42-26)16-22-18-40-24-11-8-7-10-23(22)24/h7-8,10-11,18-21,25-29,31,40H,9,12-17,38H2,1-6H3,(H2,39,47)(H,41,51)(H,42,50)(H,43,49)(H,44,48)(H,45,53)(H,46,52). The molecular formula is C37H57N9O7. The molecule has 11 N–H and O–H groups in total. The van der Waals surface area contributed by atoms with Crippen LogP contribution in [0.25, 0.3) is 10.9 Å². The number of primary amides is 1. The zero-order chi connectivity index (χ0) is 39.4. The maximum atomic E-state index is 14.2. The van der Waals surface area contributed by atoms with Gasteiger partial charge in [-0.05, 0) is 61.6 Å². The summed E-state index contributed by atoms with van der Waals surface area (Å²) in [6.07, 6.45) is 1.95. The van der Waals surface area contributed by atoms with Crippen molar-refractivity contribution in [3.05, 3.63) is 36.0 Å². The fourth-order valence-electron chi connectivity index (χ4n) is 6.28. The fraction of sp³-hybridized carbons (Fsp3) is 0.595. The largest absolute Gasteiger partial charge is 0.370 e. The van der Waals surface area contributed by atoms with Crippen molar-refractivity contribution in [2.45, 2.75) is 116 Å². The molecule has 1 aromatic heterocycles. The normalized spacial score (nSPS) is 24.2. The number of aromatic nitrogens is 1. The minimum absolute atomic E-state index is 0.0183. The van der Waals surface area contributed by atoms with Crippen LogP contribution in [0.5, 0.6) is 0 Å². The number of nitrogens with two attached hydrogens (primary N) is 2. The van der Waals surface area contributed by atoms with E-state index in [1.54, 1.807) is 20.0 Å². The molecule has 1 fully saturated rings. The van der Waals surface area contributed by atoms with E-state index in [1.165, 1.54) is 0 Å². The fourth-order valence-corrected chi connectivity index (χ4v) is 6.28. The van der Waals surface area contributed by atoms with Gasteiger partial charge in [-0.1, -0.05) is 59.7 Å². The van der Waals surface area contributed by atoms with Gasteiger partial charge in [-0.15, -0.1) is 0 Å². The van der Waals surface area contributed by atoms with E-state index < -0.39 is 89.9 Å². The molecule has 6 unspecified atom stereocenters. The highest BCUT2D eigenvalue weighted by atomic mass is 16.2. The topological polar surface area (TPSA) is 260 Å². The van der Waals surface area contributed by atoms with Crippen LogP contribution < -0.4 is 43.4 Å². The van der Waals surface area contributed by atoms with E-state index in [1.807, 2.05) is 52.0 Å². The highest BCUT2D eigenvalue weighted by molar-refractivity contribution is 5.99. The third-order valence-electron chi connectivity index (χ3n) is 9.03. The average Bonchev–Trinajstić information content (AvgIpc) is 3.48. The lowest BCUT2D eigenvalue weighted by molar-refractivity contribution is -0.137. The summed E-state index contributed by atoms with van der Waals surface area (Å²) < 4.78 is 0. The molecule has 1 aromatic carbocycles. The second kappa shape index (κ2) is 19.7. The van der Waals surface area contributed by atoms with E-state index in [-0.39, 0.29) is 44.1 Å². The lowest BCUT2D eigenvalue weighted by Crippen LogP contribution is -2.62. The minimum Gasteiger partial charge on any atom is -0.370 e. The van der Waals surface area contributed by atoms with Crippen LogP contribution >= 0.6 is 0 Å². The van der Waals surface area contributed by atoms with Crippen LogP contribution in [0.2, 0.25) is 0 Å². The zero-order valence-electron chi connectivity index (χ0n) is 31.5. The van der Waals surface area contributed by atoms with Crippen molar-refractivity contribution >= 4 is 52.3 Å². The van der Waals surface area contributed by atoms with Crippen molar-refractivity contribution in [3.8, 4) is 0 Å². The summed E-state index contributed by atoms with van der Waals surface area (Å²) in [4.78, 5) is 98.5. The number of carbonyl (C=O) groups is 7. The quantitative estimate of drug-likeness (QED) is 0.143. The highest BCUT2D eigenvalue weighted by Crippen LogP contribution is 2.20. The maximum absolute atomic E-state index is 14.2. The molecule has 16 heteroatoms. The first-order valence-corrected chi connectivity index (χ1v) is 18.4. The molecule has 3 rings (SSSR count). The van der Waals surface area contributed by atoms with Gasteiger partial charge in [0.1, 0.15) is 36.3 Å². The molecule has 0 bridgehead atoms. The number of benzene rings is 1. The van der Waals surface area contributed by atoms with Crippen molar-refractivity contribution < 1.29 is 33.6 Å². The molecule has 2 aromatic rings. The van der Waals surface area contributed by atoms with Gasteiger partial charge in [0.2, 0.25) is 41.4 Å². The first kappa shape index (κ1) is 42.4. The van der Waals surface area contributed by atoms with Crippen LogP contribution in [-0.4, -0.2) is 89.1 Å². The first-order chi connectivity index (χ1) is 25.0. The Morgan fingerprint density at radius 2 is 1.15 bits per heavy atom. The Kier molecular flexibility index (Phi) is 15.8. The van der Waals surface area contributed by atoms with E-state index >= 15 is 0 Å². The van der Waals surface area contributed by atoms with E-state index in [0.29, 0.717) is 12.0 Å². The third kappa shape index (κ3) is 12.6. The smallest absolute Gasteiger partial charge is 0.243 e. The number of para-hydroxylation sites is 1. The summed E-state index contributed by atoms with van der Waals surface area (Å²) in [5.41, 5.74) is 12.7. The Hall–Kier alpha value is -4.99. The molecule has 0 aliphatic carbocycles. The van der Waals surface area contributed by atoms with Gasteiger partial charge in [0, 0.05) is 23.5 Å². The number of hydrogen-bond acceptors (Lipinski definition) is 8. The van der Waals surface area contributed by atoms with Gasteiger partial charge < -0.3 is 48.4 Å². The molecule has 2 heterocycles. The van der Waals surface area contributed by atoms with Crippen LogP contribution in [0.3, 0.4) is 0 Å². The Balaban J connectivity index is 2.14. The van der Waals surface area contributed by atoms with Crippen LogP contribution in [0.4, 0.5) is 0 Å². The van der Waals surface area contributed by atoms with Crippen molar-refractivity contribution in [1.29, 1.82) is 0 Å². The Labute approximate surface area is 310 Å². The summed E-state index contributed by atoms with van der Waals surface area (Å²) in [7, 11) is 0. The van der Waals surface area contributed by atoms with Crippen LogP contribution in [-0.2, 0) is 40.0 Å². The summed E-state index contributed by atoms with van der Waals surface area (Å²) in [5, 5.41) is 17.1. The van der Waals surface area contributed by atoms with Crippen LogP contribution in [0, 0.1) is 17.8 Å². The first-order valence-electron chi connectivity index (χ1n) is 18.4. The number of H-pyrrole nitrogens is 1. The number of carbonyl (C=O) groups excluding carboxylic acids is 7. The average molecular weight is 740 g/mol. The monoisotopic (exact) mass is 739 g/mol. The lowest BCUT2D eigenvalue weighted by Gasteiger charge is -2.30. The van der Waals surface area contributed by atoms with E-state index in [9.17, 15) is 33.6 Å². The van der Waals surface area contributed by atoms with Gasteiger partial charge in [0.05, 0.1) is 6.42 Å². The van der Waals surface area contributed by atoms with Crippen molar-refractivity contribution in [2.24, 2.45) is 29.2 Å². The molecule has 292 valence electrons. The second-order valence-electron chi connectivity index (χ2n) is 15.0. The highest BCUT2D eigenvalue weighted by Gasteiger charge is 2.36. The predicted molar refractivity (Wildman–Crippen MR) is 199 cm³/mol.